The van der Waals surface area contributed by atoms with Gasteiger partial charge in [-0.15, -0.1) is 0 Å². The summed E-state index contributed by atoms with van der Waals surface area (Å²) < 4.78 is 49.1. The lowest BCUT2D eigenvalue weighted by Crippen LogP contribution is -2.35. The van der Waals surface area contributed by atoms with Crippen molar-refractivity contribution >= 4 is 5.82 Å². The summed E-state index contributed by atoms with van der Waals surface area (Å²) in [4.78, 5) is 7.62. The van der Waals surface area contributed by atoms with Crippen LogP contribution in [-0.2, 0) is 0 Å². The van der Waals surface area contributed by atoms with Crippen molar-refractivity contribution < 1.29 is 17.6 Å². The number of nitrogens with one attached hydrogen (secondary N) is 1. The maximum absolute atomic E-state index is 12.6. The van der Waals surface area contributed by atoms with Gasteiger partial charge in [0, 0.05) is 11.8 Å². The smallest absolute Gasteiger partial charge is 0.324 e. The minimum atomic E-state index is -4.07. The van der Waals surface area contributed by atoms with Gasteiger partial charge in [0.25, 0.3) is 0 Å². The van der Waals surface area contributed by atoms with Crippen molar-refractivity contribution in [3.63, 3.8) is 0 Å². The van der Waals surface area contributed by atoms with E-state index in [2.05, 4.69) is 15.3 Å². The lowest BCUT2D eigenvalue weighted by molar-refractivity contribution is -0.117. The van der Waals surface area contributed by atoms with Gasteiger partial charge in [-0.2, -0.15) is 8.78 Å². The third kappa shape index (κ3) is 3.83. The van der Waals surface area contributed by atoms with Gasteiger partial charge in [0.05, 0.1) is 6.54 Å². The van der Waals surface area contributed by atoms with E-state index in [4.69, 9.17) is 0 Å². The molecule has 0 aliphatic carbocycles. The van der Waals surface area contributed by atoms with Crippen LogP contribution in [0.2, 0.25) is 0 Å². The quantitative estimate of drug-likeness (QED) is 0.817. The van der Waals surface area contributed by atoms with Crippen LogP contribution in [0.3, 0.4) is 0 Å². The molecule has 0 aromatic carbocycles. The van der Waals surface area contributed by atoms with Crippen LogP contribution in [0.5, 0.6) is 0 Å². The van der Waals surface area contributed by atoms with Crippen LogP contribution < -0.4 is 5.32 Å². The molecule has 0 bridgehead atoms. The highest BCUT2D eigenvalue weighted by Gasteiger charge is 2.40. The molecule has 0 unspecified atom stereocenters. The molecule has 1 N–H and O–H groups in total. The zero-order valence-corrected chi connectivity index (χ0v) is 9.42. The van der Waals surface area contributed by atoms with Gasteiger partial charge in [0.1, 0.15) is 12.1 Å². The summed E-state index contributed by atoms with van der Waals surface area (Å²) in [7, 11) is 0. The Morgan fingerprint density at radius 2 is 1.94 bits per heavy atom. The topological polar surface area (TPSA) is 37.8 Å². The van der Waals surface area contributed by atoms with E-state index < -0.39 is 18.9 Å². The molecular formula is C10H13F4N3. The van der Waals surface area contributed by atoms with Crippen molar-refractivity contribution in [1.29, 1.82) is 0 Å². The molecule has 0 radical (unpaired) electrons. The molecule has 1 rings (SSSR count). The third-order valence-corrected chi connectivity index (χ3v) is 2.10. The average Bonchev–Trinajstić information content (AvgIpc) is 2.26. The maximum Gasteiger partial charge on any atom is 0.324 e. The molecule has 1 aromatic rings. The zero-order chi connectivity index (χ0) is 13.1. The predicted octanol–water partition coefficient (Wildman–Crippen LogP) is 2.91. The van der Waals surface area contributed by atoms with Gasteiger partial charge in [-0.1, -0.05) is 13.8 Å². The second kappa shape index (κ2) is 5.29. The van der Waals surface area contributed by atoms with E-state index in [0.717, 1.165) is 0 Å². The van der Waals surface area contributed by atoms with Crippen molar-refractivity contribution in [2.45, 2.75) is 32.1 Å². The van der Waals surface area contributed by atoms with E-state index in [9.17, 15) is 17.6 Å². The molecule has 7 heteroatoms. The van der Waals surface area contributed by atoms with Crippen LogP contribution in [0, 0.1) is 0 Å². The molecule has 17 heavy (non-hydrogen) atoms. The van der Waals surface area contributed by atoms with Crippen molar-refractivity contribution in [3.8, 4) is 0 Å². The van der Waals surface area contributed by atoms with E-state index >= 15 is 0 Å². The first-order valence-corrected chi connectivity index (χ1v) is 5.04. The first kappa shape index (κ1) is 13.7. The lowest BCUT2D eigenvalue weighted by atomic mass is 10.1. The van der Waals surface area contributed by atoms with E-state index in [-0.39, 0.29) is 11.7 Å². The summed E-state index contributed by atoms with van der Waals surface area (Å²) in [6, 6.07) is 1.46. The summed E-state index contributed by atoms with van der Waals surface area (Å²) in [5, 5.41) is 2.18. The largest absolute Gasteiger partial charge is 0.364 e. The second-order valence-corrected chi connectivity index (χ2v) is 3.90. The van der Waals surface area contributed by atoms with Crippen LogP contribution >= 0.6 is 0 Å². The second-order valence-electron chi connectivity index (χ2n) is 3.90. The van der Waals surface area contributed by atoms with E-state index in [1.54, 1.807) is 0 Å². The predicted molar refractivity (Wildman–Crippen MR) is 55.6 cm³/mol. The summed E-state index contributed by atoms with van der Waals surface area (Å²) in [6.07, 6.45) is -2.49. The first-order chi connectivity index (χ1) is 7.83. The molecule has 96 valence electrons. The first-order valence-electron chi connectivity index (χ1n) is 5.04. The van der Waals surface area contributed by atoms with Gasteiger partial charge in [-0.3, -0.25) is 0 Å². The highest BCUT2D eigenvalue weighted by atomic mass is 19.3. The molecule has 0 saturated carbocycles. The molecule has 0 aliphatic rings. The maximum atomic E-state index is 12.6. The highest BCUT2D eigenvalue weighted by Crippen LogP contribution is 2.23. The Morgan fingerprint density at radius 1 is 1.29 bits per heavy atom. The fourth-order valence-corrected chi connectivity index (χ4v) is 1.07. The van der Waals surface area contributed by atoms with Crippen LogP contribution in [0.4, 0.5) is 23.4 Å². The molecule has 0 amide bonds. The Labute approximate surface area is 96.3 Å². The number of hydrogen-bond acceptors (Lipinski definition) is 3. The van der Waals surface area contributed by atoms with E-state index in [1.807, 2.05) is 13.8 Å². The summed E-state index contributed by atoms with van der Waals surface area (Å²) >= 11 is 0. The Kier molecular flexibility index (Phi) is 4.25. The fraction of sp³-hybridized carbons (Fsp3) is 0.600. The lowest BCUT2D eigenvalue weighted by Gasteiger charge is -2.16. The van der Waals surface area contributed by atoms with Gasteiger partial charge in [0.2, 0.25) is 0 Å². The van der Waals surface area contributed by atoms with Crippen LogP contribution in [0.1, 0.15) is 25.5 Å². The van der Waals surface area contributed by atoms with Gasteiger partial charge in [0.15, 0.2) is 0 Å². The molecule has 3 nitrogen and oxygen atoms in total. The average molecular weight is 251 g/mol. The molecule has 0 fully saturated rings. The molecule has 0 atom stereocenters. The highest BCUT2D eigenvalue weighted by molar-refractivity contribution is 5.35. The van der Waals surface area contributed by atoms with Gasteiger partial charge < -0.3 is 5.32 Å². The van der Waals surface area contributed by atoms with Gasteiger partial charge >= 0.3 is 12.3 Å². The standard InChI is InChI=1S/C10H13F4N3/c1-6(2)7-3-8(17-5-16-7)15-4-10(13,14)9(11)12/h3,5-6,9H,4H2,1-2H3,(H,15,16,17). The number of halogens is 4. The van der Waals surface area contributed by atoms with Crippen molar-refractivity contribution in [2.24, 2.45) is 0 Å². The summed E-state index contributed by atoms with van der Waals surface area (Å²) in [6.45, 7) is 2.60. The minimum absolute atomic E-state index is 0.106. The minimum Gasteiger partial charge on any atom is -0.364 e. The van der Waals surface area contributed by atoms with Crippen LogP contribution in [-0.4, -0.2) is 28.9 Å². The van der Waals surface area contributed by atoms with Gasteiger partial charge in [-0.05, 0) is 5.92 Å². The number of hydrogen-bond donors (Lipinski definition) is 1. The van der Waals surface area contributed by atoms with E-state index in [1.165, 1.54) is 12.4 Å². The van der Waals surface area contributed by atoms with Crippen molar-refractivity contribution in [1.82, 2.24) is 9.97 Å². The SMILES string of the molecule is CC(C)c1cc(NCC(F)(F)C(F)F)ncn1. The Balaban J connectivity index is 2.67. The third-order valence-electron chi connectivity index (χ3n) is 2.10. The Hall–Kier alpha value is -1.40. The van der Waals surface area contributed by atoms with Crippen molar-refractivity contribution in [3.05, 3.63) is 18.1 Å². The van der Waals surface area contributed by atoms with Crippen molar-refractivity contribution in [2.75, 3.05) is 11.9 Å². The number of anilines is 1. The Morgan fingerprint density at radius 3 is 2.47 bits per heavy atom. The number of aromatic nitrogens is 2. The van der Waals surface area contributed by atoms with Crippen LogP contribution in [0.25, 0.3) is 0 Å². The monoisotopic (exact) mass is 251 g/mol. The normalized spacial score (nSPS) is 12.2. The number of rotatable bonds is 5. The van der Waals surface area contributed by atoms with E-state index in [0.29, 0.717) is 5.69 Å². The zero-order valence-electron chi connectivity index (χ0n) is 9.42. The number of alkyl halides is 4. The number of nitrogens with zero attached hydrogens (tertiary/aromatic N) is 2. The molecular weight excluding hydrogens is 238 g/mol. The molecule has 0 aliphatic heterocycles. The Bertz CT molecular complexity index is 368. The van der Waals surface area contributed by atoms with Crippen LogP contribution in [0.15, 0.2) is 12.4 Å². The molecule has 1 aromatic heterocycles. The molecule has 0 saturated heterocycles. The fourth-order valence-electron chi connectivity index (χ4n) is 1.07. The molecule has 1 heterocycles. The summed E-state index contributed by atoms with van der Waals surface area (Å²) in [5.74, 6) is -3.85. The van der Waals surface area contributed by atoms with Gasteiger partial charge in [-0.25, -0.2) is 18.7 Å². The summed E-state index contributed by atoms with van der Waals surface area (Å²) in [5.41, 5.74) is 0.655. The molecule has 0 spiro atoms.